The second-order valence-corrected chi connectivity index (χ2v) is 7.77. The summed E-state index contributed by atoms with van der Waals surface area (Å²) < 4.78 is 32.2. The van der Waals surface area contributed by atoms with Gasteiger partial charge < -0.3 is 9.84 Å². The molecule has 24 heavy (non-hydrogen) atoms. The predicted octanol–water partition coefficient (Wildman–Crippen LogP) is 2.08. The quantitative estimate of drug-likeness (QED) is 0.803. The van der Waals surface area contributed by atoms with Crippen LogP contribution >= 0.6 is 0 Å². The van der Waals surface area contributed by atoms with Crippen molar-refractivity contribution in [3.63, 3.8) is 0 Å². The average Bonchev–Trinajstić information content (AvgIpc) is 2.49. The second-order valence-electron chi connectivity index (χ2n) is 5.94. The van der Waals surface area contributed by atoms with Crippen molar-refractivity contribution in [2.75, 3.05) is 13.7 Å². The third kappa shape index (κ3) is 3.68. The van der Waals surface area contributed by atoms with E-state index in [9.17, 15) is 18.3 Å². The minimum atomic E-state index is -4.18. The SMILES string of the molecule is COc1cc(C)c(C)cc1S(=O)(=O)N(CCC#N)C(C)(C)C(=O)O. The number of sulfonamides is 1. The molecule has 0 saturated heterocycles. The summed E-state index contributed by atoms with van der Waals surface area (Å²) in [7, 11) is -2.83. The Morgan fingerprint density at radius 3 is 2.33 bits per heavy atom. The van der Waals surface area contributed by atoms with Gasteiger partial charge in [-0.1, -0.05) is 0 Å². The van der Waals surface area contributed by atoms with Crippen molar-refractivity contribution >= 4 is 16.0 Å². The summed E-state index contributed by atoms with van der Waals surface area (Å²) >= 11 is 0. The van der Waals surface area contributed by atoms with Gasteiger partial charge in [0.25, 0.3) is 0 Å². The highest BCUT2D eigenvalue weighted by Gasteiger charge is 2.43. The highest BCUT2D eigenvalue weighted by Crippen LogP contribution is 2.33. The topological polar surface area (TPSA) is 108 Å². The van der Waals surface area contributed by atoms with Crippen LogP contribution in [0.1, 0.15) is 31.4 Å². The van der Waals surface area contributed by atoms with Gasteiger partial charge in [0.15, 0.2) is 0 Å². The minimum Gasteiger partial charge on any atom is -0.495 e. The van der Waals surface area contributed by atoms with Crippen LogP contribution < -0.4 is 4.74 Å². The Kier molecular flexibility index (Phi) is 5.98. The fourth-order valence-electron chi connectivity index (χ4n) is 2.20. The summed E-state index contributed by atoms with van der Waals surface area (Å²) in [5.74, 6) is -1.16. The van der Waals surface area contributed by atoms with Crippen LogP contribution in [0.4, 0.5) is 0 Å². The second kappa shape index (κ2) is 7.20. The molecular formula is C16H22N2O5S. The predicted molar refractivity (Wildman–Crippen MR) is 88.3 cm³/mol. The molecule has 1 rings (SSSR count). The first-order chi connectivity index (χ1) is 11.0. The van der Waals surface area contributed by atoms with Gasteiger partial charge in [0, 0.05) is 13.0 Å². The van der Waals surface area contributed by atoms with Gasteiger partial charge in [0.2, 0.25) is 10.0 Å². The summed E-state index contributed by atoms with van der Waals surface area (Å²) in [4.78, 5) is 11.4. The van der Waals surface area contributed by atoms with E-state index >= 15 is 0 Å². The van der Waals surface area contributed by atoms with Crippen LogP contribution in [0.15, 0.2) is 17.0 Å². The van der Waals surface area contributed by atoms with Crippen molar-refractivity contribution in [1.29, 1.82) is 5.26 Å². The highest BCUT2D eigenvalue weighted by molar-refractivity contribution is 7.89. The van der Waals surface area contributed by atoms with Crippen LogP contribution in [0.3, 0.4) is 0 Å². The number of benzene rings is 1. The van der Waals surface area contributed by atoms with E-state index in [1.165, 1.54) is 27.0 Å². The third-order valence-electron chi connectivity index (χ3n) is 3.92. The number of rotatable bonds is 7. The van der Waals surface area contributed by atoms with Crippen molar-refractivity contribution in [2.45, 2.75) is 44.6 Å². The van der Waals surface area contributed by atoms with Gasteiger partial charge in [-0.15, -0.1) is 0 Å². The van der Waals surface area contributed by atoms with E-state index in [0.717, 1.165) is 15.4 Å². The van der Waals surface area contributed by atoms with E-state index in [1.54, 1.807) is 13.0 Å². The number of nitrogens with zero attached hydrogens (tertiary/aromatic N) is 2. The van der Waals surface area contributed by atoms with E-state index in [4.69, 9.17) is 10.00 Å². The van der Waals surface area contributed by atoms with Crippen LogP contribution in [0.25, 0.3) is 0 Å². The summed E-state index contributed by atoms with van der Waals surface area (Å²) in [6.45, 7) is 5.93. The molecule has 1 N–H and O–H groups in total. The molecule has 1 aromatic carbocycles. The van der Waals surface area contributed by atoms with E-state index < -0.39 is 21.5 Å². The Balaban J connectivity index is 3.61. The van der Waals surface area contributed by atoms with Gasteiger partial charge in [-0.3, -0.25) is 4.79 Å². The molecule has 0 amide bonds. The van der Waals surface area contributed by atoms with Crippen LogP contribution in [0, 0.1) is 25.2 Å². The standard InChI is InChI=1S/C16H22N2O5S/c1-11-9-13(23-5)14(10-12(11)2)24(21,22)18(8-6-7-17)16(3,4)15(19)20/h9-10H,6,8H2,1-5H3,(H,19,20). The number of aliphatic carboxylic acids is 1. The molecule has 0 saturated carbocycles. The molecule has 0 spiro atoms. The van der Waals surface area contributed by atoms with E-state index in [2.05, 4.69) is 0 Å². The molecule has 0 aliphatic heterocycles. The summed E-state index contributed by atoms with van der Waals surface area (Å²) in [6, 6.07) is 4.91. The van der Waals surface area contributed by atoms with E-state index in [-0.39, 0.29) is 23.6 Å². The molecular weight excluding hydrogens is 332 g/mol. The largest absolute Gasteiger partial charge is 0.495 e. The molecule has 0 unspecified atom stereocenters. The lowest BCUT2D eigenvalue weighted by molar-refractivity contribution is -0.146. The number of carboxylic acid groups (broad SMARTS) is 1. The lowest BCUT2D eigenvalue weighted by Gasteiger charge is -2.33. The lowest BCUT2D eigenvalue weighted by Crippen LogP contribution is -2.53. The highest BCUT2D eigenvalue weighted by atomic mass is 32.2. The number of carboxylic acids is 1. The fraction of sp³-hybridized carbons (Fsp3) is 0.500. The van der Waals surface area contributed by atoms with Crippen LogP contribution in [-0.4, -0.2) is 43.0 Å². The number of hydrogen-bond acceptors (Lipinski definition) is 5. The summed E-state index contributed by atoms with van der Waals surface area (Å²) in [6.07, 6.45) is -0.122. The molecule has 0 aliphatic rings. The number of aryl methyl sites for hydroxylation is 2. The molecule has 0 fully saturated rings. The number of nitriles is 1. The first-order valence-corrected chi connectivity index (χ1v) is 8.72. The number of carbonyl (C=O) groups is 1. The van der Waals surface area contributed by atoms with Gasteiger partial charge in [-0.05, 0) is 51.0 Å². The van der Waals surface area contributed by atoms with Crippen molar-refractivity contribution in [2.24, 2.45) is 0 Å². The number of hydrogen-bond donors (Lipinski definition) is 1. The zero-order valence-electron chi connectivity index (χ0n) is 14.5. The van der Waals surface area contributed by atoms with Crippen LogP contribution in [0.2, 0.25) is 0 Å². The van der Waals surface area contributed by atoms with Gasteiger partial charge >= 0.3 is 5.97 Å². The van der Waals surface area contributed by atoms with Gasteiger partial charge in [-0.25, -0.2) is 8.42 Å². The zero-order valence-corrected chi connectivity index (χ0v) is 15.3. The molecule has 1 aromatic rings. The Morgan fingerprint density at radius 2 is 1.88 bits per heavy atom. The molecule has 0 radical (unpaired) electrons. The summed E-state index contributed by atoms with van der Waals surface area (Å²) in [5.41, 5.74) is -0.117. The molecule has 0 bridgehead atoms. The molecule has 0 aliphatic carbocycles. The zero-order chi connectivity index (χ0) is 18.7. The lowest BCUT2D eigenvalue weighted by atomic mass is 10.1. The maximum atomic E-state index is 13.1. The Morgan fingerprint density at radius 1 is 1.33 bits per heavy atom. The third-order valence-corrected chi connectivity index (χ3v) is 6.02. The molecule has 7 nitrogen and oxygen atoms in total. The fourth-order valence-corrected chi connectivity index (χ4v) is 4.17. The summed E-state index contributed by atoms with van der Waals surface area (Å²) in [5, 5.41) is 18.2. The number of ether oxygens (including phenoxy) is 1. The Bertz CT molecular complexity index is 778. The van der Waals surface area contributed by atoms with E-state index in [0.29, 0.717) is 0 Å². The Hall–Kier alpha value is -2.11. The first kappa shape index (κ1) is 19.9. The maximum absolute atomic E-state index is 13.1. The average molecular weight is 354 g/mol. The molecule has 132 valence electrons. The van der Waals surface area contributed by atoms with Gasteiger partial charge in [0.1, 0.15) is 16.2 Å². The van der Waals surface area contributed by atoms with Crippen molar-refractivity contribution in [3.8, 4) is 11.8 Å². The molecule has 8 heteroatoms. The molecule has 0 atom stereocenters. The minimum absolute atomic E-state index is 0.111. The normalized spacial score (nSPS) is 12.0. The van der Waals surface area contributed by atoms with Crippen LogP contribution in [0.5, 0.6) is 5.75 Å². The van der Waals surface area contributed by atoms with E-state index in [1.807, 2.05) is 13.0 Å². The van der Waals surface area contributed by atoms with Gasteiger partial charge in [-0.2, -0.15) is 9.57 Å². The first-order valence-electron chi connectivity index (χ1n) is 7.28. The molecule has 0 aromatic heterocycles. The monoisotopic (exact) mass is 354 g/mol. The van der Waals surface area contributed by atoms with Crippen molar-refractivity contribution in [3.05, 3.63) is 23.3 Å². The Labute approximate surface area is 142 Å². The van der Waals surface area contributed by atoms with Gasteiger partial charge in [0.05, 0.1) is 13.2 Å². The van der Waals surface area contributed by atoms with Crippen molar-refractivity contribution in [1.82, 2.24) is 4.31 Å². The molecule has 0 heterocycles. The number of methoxy groups -OCH3 is 1. The van der Waals surface area contributed by atoms with Crippen LogP contribution in [-0.2, 0) is 14.8 Å². The van der Waals surface area contributed by atoms with Crippen molar-refractivity contribution < 1.29 is 23.1 Å². The smallest absolute Gasteiger partial charge is 0.324 e. The maximum Gasteiger partial charge on any atom is 0.324 e.